The smallest absolute Gasteiger partial charge is 0.244 e. The van der Waals surface area contributed by atoms with Crippen LogP contribution < -0.4 is 9.88 Å². The van der Waals surface area contributed by atoms with E-state index in [2.05, 4.69) is 4.98 Å². The average molecular weight is 249 g/mol. The van der Waals surface area contributed by atoms with E-state index in [1.54, 1.807) is 0 Å². The third kappa shape index (κ3) is 2.39. The predicted octanol–water partition coefficient (Wildman–Crippen LogP) is 0.924. The zero-order chi connectivity index (χ0) is 11.1. The van der Waals surface area contributed by atoms with E-state index in [9.17, 15) is 8.42 Å². The third-order valence-electron chi connectivity index (χ3n) is 1.93. The van der Waals surface area contributed by atoms with Crippen LogP contribution >= 0.6 is 11.6 Å². The largest absolute Gasteiger partial charge is 0.489 e. The van der Waals surface area contributed by atoms with Gasteiger partial charge in [-0.1, -0.05) is 11.6 Å². The van der Waals surface area contributed by atoms with Gasteiger partial charge in [-0.15, -0.1) is 0 Å². The summed E-state index contributed by atoms with van der Waals surface area (Å²) in [4.78, 5) is 3.42. The summed E-state index contributed by atoms with van der Waals surface area (Å²) in [5.41, 5.74) is 0. The van der Waals surface area contributed by atoms with E-state index in [-0.39, 0.29) is 21.9 Å². The van der Waals surface area contributed by atoms with Crippen molar-refractivity contribution in [2.75, 3.05) is 0 Å². The monoisotopic (exact) mass is 248 g/mol. The number of ether oxygens (including phenoxy) is 1. The summed E-state index contributed by atoms with van der Waals surface area (Å²) in [5, 5.41) is 4.87. The zero-order valence-electron chi connectivity index (χ0n) is 7.68. The van der Waals surface area contributed by atoms with E-state index in [0.717, 1.165) is 12.8 Å². The number of hydrogen-bond acceptors (Lipinski definition) is 4. The third-order valence-corrected chi connectivity index (χ3v) is 3.29. The lowest BCUT2D eigenvalue weighted by Gasteiger charge is -2.09. The minimum atomic E-state index is -3.90. The van der Waals surface area contributed by atoms with E-state index in [4.69, 9.17) is 21.5 Å². The SMILES string of the molecule is NS(=O)(=O)c1c(OC2CC2)ccnc1Cl. The first-order valence-electron chi connectivity index (χ1n) is 4.32. The molecule has 1 aliphatic carbocycles. The molecule has 0 radical (unpaired) electrons. The number of sulfonamides is 1. The summed E-state index contributed by atoms with van der Waals surface area (Å²) in [5.74, 6) is 0.181. The Morgan fingerprint density at radius 1 is 1.53 bits per heavy atom. The van der Waals surface area contributed by atoms with E-state index >= 15 is 0 Å². The number of nitrogens with two attached hydrogens (primary N) is 1. The highest BCUT2D eigenvalue weighted by molar-refractivity contribution is 7.89. The highest BCUT2D eigenvalue weighted by Crippen LogP contribution is 2.33. The molecule has 82 valence electrons. The molecule has 7 heteroatoms. The molecule has 1 aromatic heterocycles. The Bertz CT molecular complexity index is 485. The van der Waals surface area contributed by atoms with Crippen LogP contribution in [-0.4, -0.2) is 19.5 Å². The molecular weight excluding hydrogens is 240 g/mol. The highest BCUT2D eigenvalue weighted by Gasteiger charge is 2.28. The Kier molecular flexibility index (Phi) is 2.57. The first-order chi connectivity index (χ1) is 6.98. The molecule has 0 saturated heterocycles. The van der Waals surface area contributed by atoms with Crippen LogP contribution in [0.3, 0.4) is 0 Å². The molecule has 0 aliphatic heterocycles. The van der Waals surface area contributed by atoms with Crippen LogP contribution in [0.25, 0.3) is 0 Å². The molecule has 5 nitrogen and oxygen atoms in total. The van der Waals surface area contributed by atoms with Crippen LogP contribution in [0.2, 0.25) is 5.15 Å². The number of halogens is 1. The lowest BCUT2D eigenvalue weighted by Crippen LogP contribution is -2.15. The predicted molar refractivity (Wildman–Crippen MR) is 54.3 cm³/mol. The summed E-state index contributed by atoms with van der Waals surface area (Å²) < 4.78 is 27.9. The molecule has 0 aromatic carbocycles. The zero-order valence-corrected chi connectivity index (χ0v) is 9.25. The van der Waals surface area contributed by atoms with Crippen molar-refractivity contribution in [2.45, 2.75) is 23.8 Å². The first kappa shape index (κ1) is 10.7. The summed E-state index contributed by atoms with van der Waals surface area (Å²) in [6.45, 7) is 0. The second-order valence-corrected chi connectivity index (χ2v) is 5.15. The summed E-state index contributed by atoms with van der Waals surface area (Å²) >= 11 is 5.67. The number of primary sulfonamides is 1. The van der Waals surface area contributed by atoms with Crippen molar-refractivity contribution in [1.29, 1.82) is 0 Å². The van der Waals surface area contributed by atoms with Crippen molar-refractivity contribution < 1.29 is 13.2 Å². The molecule has 2 N–H and O–H groups in total. The van der Waals surface area contributed by atoms with Crippen molar-refractivity contribution in [3.63, 3.8) is 0 Å². The average Bonchev–Trinajstić information content (AvgIpc) is 2.85. The van der Waals surface area contributed by atoms with Gasteiger partial charge < -0.3 is 4.74 Å². The van der Waals surface area contributed by atoms with Crippen LogP contribution in [0, 0.1) is 0 Å². The van der Waals surface area contributed by atoms with Crippen molar-refractivity contribution in [3.05, 3.63) is 17.4 Å². The number of nitrogens with zero attached hydrogens (tertiary/aromatic N) is 1. The summed E-state index contributed by atoms with van der Waals surface area (Å²) in [7, 11) is -3.90. The lowest BCUT2D eigenvalue weighted by molar-refractivity contribution is 0.294. The molecule has 1 saturated carbocycles. The van der Waals surface area contributed by atoms with E-state index in [0.29, 0.717) is 0 Å². The van der Waals surface area contributed by atoms with E-state index in [1.165, 1.54) is 12.3 Å². The van der Waals surface area contributed by atoms with Gasteiger partial charge in [0.2, 0.25) is 10.0 Å². The maximum absolute atomic E-state index is 11.2. The van der Waals surface area contributed by atoms with Crippen molar-refractivity contribution in [2.24, 2.45) is 5.14 Å². The fraction of sp³-hybridized carbons (Fsp3) is 0.375. The van der Waals surface area contributed by atoms with Gasteiger partial charge in [0.05, 0.1) is 6.10 Å². The number of rotatable bonds is 3. The molecule has 0 bridgehead atoms. The molecule has 15 heavy (non-hydrogen) atoms. The summed E-state index contributed by atoms with van der Waals surface area (Å²) in [6.07, 6.45) is 3.30. The van der Waals surface area contributed by atoms with E-state index in [1.807, 2.05) is 0 Å². The molecule has 1 fully saturated rings. The van der Waals surface area contributed by atoms with Gasteiger partial charge in [-0.05, 0) is 12.8 Å². The van der Waals surface area contributed by atoms with Crippen LogP contribution in [0.15, 0.2) is 17.2 Å². The minimum Gasteiger partial charge on any atom is -0.489 e. The van der Waals surface area contributed by atoms with Gasteiger partial charge in [-0.3, -0.25) is 0 Å². The molecule has 1 aromatic rings. The van der Waals surface area contributed by atoms with Crippen molar-refractivity contribution >= 4 is 21.6 Å². The van der Waals surface area contributed by atoms with Crippen LogP contribution in [0.4, 0.5) is 0 Å². The topological polar surface area (TPSA) is 82.3 Å². The molecular formula is C8H9ClN2O3S. The molecule has 0 unspecified atom stereocenters. The second kappa shape index (κ2) is 3.62. The summed E-state index contributed by atoms with van der Waals surface area (Å²) in [6, 6.07) is 1.45. The normalized spacial score (nSPS) is 16.4. The van der Waals surface area contributed by atoms with Gasteiger partial charge >= 0.3 is 0 Å². The maximum Gasteiger partial charge on any atom is 0.244 e. The first-order valence-corrected chi connectivity index (χ1v) is 6.25. The number of pyridine rings is 1. The Labute approximate surface area is 92.3 Å². The number of hydrogen-bond donors (Lipinski definition) is 1. The van der Waals surface area contributed by atoms with Crippen LogP contribution in [0.5, 0.6) is 5.75 Å². The fourth-order valence-corrected chi connectivity index (χ4v) is 2.28. The molecule has 1 aliphatic rings. The Morgan fingerprint density at radius 3 is 2.73 bits per heavy atom. The minimum absolute atomic E-state index is 0.0731. The highest BCUT2D eigenvalue weighted by atomic mass is 35.5. The van der Waals surface area contributed by atoms with Gasteiger partial charge in [0.15, 0.2) is 10.0 Å². The molecule has 1 heterocycles. The van der Waals surface area contributed by atoms with Crippen molar-refractivity contribution in [1.82, 2.24) is 4.98 Å². The standard InChI is InChI=1S/C8H9ClN2O3S/c9-8-7(15(10,12)13)6(3-4-11-8)14-5-1-2-5/h3-5H,1-2H2,(H2,10,12,13). The Balaban J connectivity index is 2.47. The van der Waals surface area contributed by atoms with Crippen molar-refractivity contribution in [3.8, 4) is 5.75 Å². The van der Waals surface area contributed by atoms with E-state index < -0.39 is 10.0 Å². The lowest BCUT2D eigenvalue weighted by atomic mass is 10.4. The quantitative estimate of drug-likeness (QED) is 0.807. The number of aromatic nitrogens is 1. The second-order valence-electron chi connectivity index (χ2n) is 3.29. The molecule has 0 amide bonds. The van der Waals surface area contributed by atoms with Crippen LogP contribution in [-0.2, 0) is 10.0 Å². The molecule has 2 rings (SSSR count). The molecule has 0 spiro atoms. The maximum atomic E-state index is 11.2. The Hall–Kier alpha value is -0.850. The van der Waals surface area contributed by atoms with Crippen LogP contribution in [0.1, 0.15) is 12.8 Å². The Morgan fingerprint density at radius 2 is 2.20 bits per heavy atom. The van der Waals surface area contributed by atoms with Gasteiger partial charge in [0.1, 0.15) is 5.75 Å². The van der Waals surface area contributed by atoms with Gasteiger partial charge in [-0.2, -0.15) is 0 Å². The van der Waals surface area contributed by atoms with Gasteiger partial charge in [-0.25, -0.2) is 18.5 Å². The molecule has 0 atom stereocenters. The fourth-order valence-electron chi connectivity index (χ4n) is 1.12. The van der Waals surface area contributed by atoms with Gasteiger partial charge in [0.25, 0.3) is 0 Å². The van der Waals surface area contributed by atoms with Gasteiger partial charge in [0, 0.05) is 12.3 Å².